The molecule has 3 aromatic rings. The maximum Gasteiger partial charge on any atom is 0.138 e. The molecule has 0 unspecified atom stereocenters. The lowest BCUT2D eigenvalue weighted by Gasteiger charge is -2.37. The average molecular weight is 472 g/mol. The van der Waals surface area contributed by atoms with Crippen molar-refractivity contribution in [3.8, 4) is 0 Å². The number of aliphatic hydroxyl groups is 2. The Bertz CT molecular complexity index is 1490. The van der Waals surface area contributed by atoms with E-state index < -0.39 is 0 Å². The SMILES string of the molecule is OC1=C(/C=C2\C=C(c3ccccc3)Cc3ccccc32)C(O)=C1c1cc2c3c(c1)CCCN3CCC2. The summed E-state index contributed by atoms with van der Waals surface area (Å²) < 4.78 is 0. The van der Waals surface area contributed by atoms with Gasteiger partial charge in [-0.05, 0) is 94.8 Å². The van der Waals surface area contributed by atoms with E-state index in [1.165, 1.54) is 33.5 Å². The van der Waals surface area contributed by atoms with E-state index in [2.05, 4.69) is 65.6 Å². The molecule has 2 heterocycles. The normalized spacial score (nSPS) is 19.6. The molecule has 36 heavy (non-hydrogen) atoms. The first-order chi connectivity index (χ1) is 17.7. The van der Waals surface area contributed by atoms with Crippen molar-refractivity contribution in [1.82, 2.24) is 0 Å². The lowest BCUT2D eigenvalue weighted by Crippen LogP contribution is -2.34. The Kier molecular flexibility index (Phi) is 4.92. The summed E-state index contributed by atoms with van der Waals surface area (Å²) in [5.74, 6) is 0.377. The van der Waals surface area contributed by atoms with Crippen LogP contribution in [-0.2, 0) is 19.3 Å². The molecular weight excluding hydrogens is 442 g/mol. The maximum absolute atomic E-state index is 11.2. The maximum atomic E-state index is 11.2. The van der Waals surface area contributed by atoms with Gasteiger partial charge in [0, 0.05) is 18.8 Å². The molecule has 0 spiro atoms. The third kappa shape index (κ3) is 3.34. The second kappa shape index (κ2) is 8.30. The van der Waals surface area contributed by atoms with Crippen LogP contribution in [0.5, 0.6) is 0 Å². The highest BCUT2D eigenvalue weighted by Gasteiger charge is 2.32. The average Bonchev–Trinajstić information content (AvgIpc) is 2.92. The van der Waals surface area contributed by atoms with Crippen LogP contribution in [0.25, 0.3) is 16.7 Å². The van der Waals surface area contributed by atoms with Crippen molar-refractivity contribution in [3.05, 3.63) is 129 Å². The molecule has 0 radical (unpaired) electrons. The molecule has 3 nitrogen and oxygen atoms in total. The van der Waals surface area contributed by atoms with Crippen LogP contribution in [0.15, 0.2) is 96.0 Å². The largest absolute Gasteiger partial charge is 0.506 e. The molecule has 0 saturated carbocycles. The first-order valence-corrected chi connectivity index (χ1v) is 13.0. The minimum absolute atomic E-state index is 0.188. The van der Waals surface area contributed by atoms with Crippen LogP contribution in [0.4, 0.5) is 5.69 Å². The summed E-state index contributed by atoms with van der Waals surface area (Å²) in [4.78, 5) is 2.51. The Morgan fingerprint density at radius 3 is 2.14 bits per heavy atom. The van der Waals surface area contributed by atoms with Gasteiger partial charge in [0.25, 0.3) is 0 Å². The van der Waals surface area contributed by atoms with E-state index in [0.29, 0.717) is 11.1 Å². The highest BCUT2D eigenvalue weighted by atomic mass is 16.3. The third-order valence-electron chi connectivity index (χ3n) is 8.09. The van der Waals surface area contributed by atoms with Crippen molar-refractivity contribution in [2.24, 2.45) is 0 Å². The molecule has 2 aliphatic heterocycles. The fraction of sp³-hybridized carbons (Fsp3) is 0.212. The van der Waals surface area contributed by atoms with Gasteiger partial charge in [-0.3, -0.25) is 0 Å². The molecule has 0 aromatic heterocycles. The van der Waals surface area contributed by atoms with Gasteiger partial charge in [-0.1, -0.05) is 60.7 Å². The number of hydrogen-bond donors (Lipinski definition) is 2. The predicted molar refractivity (Wildman–Crippen MR) is 147 cm³/mol. The predicted octanol–water partition coefficient (Wildman–Crippen LogP) is 7.20. The number of nitrogens with zero attached hydrogens (tertiary/aromatic N) is 1. The third-order valence-corrected chi connectivity index (χ3v) is 8.09. The number of allylic oxidation sites excluding steroid dienone is 5. The quantitative estimate of drug-likeness (QED) is 0.424. The summed E-state index contributed by atoms with van der Waals surface area (Å²) >= 11 is 0. The van der Waals surface area contributed by atoms with Gasteiger partial charge in [-0.15, -0.1) is 0 Å². The number of anilines is 1. The van der Waals surface area contributed by atoms with Crippen molar-refractivity contribution >= 4 is 22.4 Å². The highest BCUT2D eigenvalue weighted by molar-refractivity contribution is 5.96. The second-order valence-electron chi connectivity index (χ2n) is 10.3. The Balaban J connectivity index is 1.28. The van der Waals surface area contributed by atoms with Gasteiger partial charge >= 0.3 is 0 Å². The molecule has 2 N–H and O–H groups in total. The van der Waals surface area contributed by atoms with Crippen LogP contribution in [-0.4, -0.2) is 23.3 Å². The van der Waals surface area contributed by atoms with Crippen molar-refractivity contribution in [3.63, 3.8) is 0 Å². The zero-order chi connectivity index (χ0) is 24.2. The van der Waals surface area contributed by atoms with Crippen LogP contribution < -0.4 is 4.90 Å². The summed E-state index contributed by atoms with van der Waals surface area (Å²) in [7, 11) is 0. The fourth-order valence-electron chi connectivity index (χ4n) is 6.38. The molecule has 178 valence electrons. The van der Waals surface area contributed by atoms with Crippen molar-refractivity contribution in [2.75, 3.05) is 18.0 Å². The highest BCUT2D eigenvalue weighted by Crippen LogP contribution is 2.45. The van der Waals surface area contributed by atoms with E-state index in [-0.39, 0.29) is 11.5 Å². The van der Waals surface area contributed by atoms with E-state index in [4.69, 9.17) is 0 Å². The van der Waals surface area contributed by atoms with Crippen LogP contribution >= 0.6 is 0 Å². The van der Waals surface area contributed by atoms with Gasteiger partial charge in [0.15, 0.2) is 0 Å². The van der Waals surface area contributed by atoms with E-state index >= 15 is 0 Å². The van der Waals surface area contributed by atoms with Gasteiger partial charge in [0.2, 0.25) is 0 Å². The van der Waals surface area contributed by atoms with E-state index in [0.717, 1.165) is 61.9 Å². The van der Waals surface area contributed by atoms with Gasteiger partial charge < -0.3 is 15.1 Å². The molecule has 3 aromatic carbocycles. The molecule has 0 bridgehead atoms. The van der Waals surface area contributed by atoms with Gasteiger partial charge in [0.05, 0.1) is 11.1 Å². The monoisotopic (exact) mass is 471 g/mol. The molecule has 7 rings (SSSR count). The van der Waals surface area contributed by atoms with Crippen molar-refractivity contribution < 1.29 is 10.2 Å². The number of fused-ring (bicyclic) bond motifs is 1. The topological polar surface area (TPSA) is 43.7 Å². The van der Waals surface area contributed by atoms with Gasteiger partial charge in [-0.2, -0.15) is 0 Å². The number of rotatable bonds is 3. The molecule has 0 atom stereocenters. The molecular formula is C33H29NO2. The summed E-state index contributed by atoms with van der Waals surface area (Å²) in [5, 5.41) is 22.3. The first kappa shape index (κ1) is 21.3. The summed E-state index contributed by atoms with van der Waals surface area (Å²) in [6.45, 7) is 2.27. The lowest BCUT2D eigenvalue weighted by molar-refractivity contribution is 0.373. The molecule has 0 saturated heterocycles. The van der Waals surface area contributed by atoms with Crippen LogP contribution in [0.3, 0.4) is 0 Å². The zero-order valence-electron chi connectivity index (χ0n) is 20.3. The summed E-state index contributed by atoms with van der Waals surface area (Å²) in [6.07, 6.45) is 9.45. The van der Waals surface area contributed by atoms with Crippen LogP contribution in [0, 0.1) is 0 Å². The number of aryl methyl sites for hydroxylation is 2. The molecule has 3 heteroatoms. The summed E-state index contributed by atoms with van der Waals surface area (Å²) in [6, 6.07) is 23.2. The lowest BCUT2D eigenvalue weighted by atomic mass is 9.80. The van der Waals surface area contributed by atoms with E-state index in [9.17, 15) is 10.2 Å². The minimum atomic E-state index is 0.188. The Morgan fingerprint density at radius 1 is 0.722 bits per heavy atom. The van der Waals surface area contributed by atoms with Crippen LogP contribution in [0.1, 0.15) is 46.2 Å². The van der Waals surface area contributed by atoms with Crippen molar-refractivity contribution in [1.29, 1.82) is 0 Å². The molecule has 0 fully saturated rings. The summed E-state index contributed by atoms with van der Waals surface area (Å²) in [5.41, 5.74) is 12.0. The number of benzene rings is 3. The Morgan fingerprint density at radius 2 is 1.42 bits per heavy atom. The van der Waals surface area contributed by atoms with E-state index in [1.807, 2.05) is 18.2 Å². The zero-order valence-corrected chi connectivity index (χ0v) is 20.3. The standard InChI is InChI=1S/C33H29NO2/c35-32-29(20-26-19-25(21-8-2-1-3-9-21)16-22-10-4-5-13-28(22)26)33(36)30(32)27-17-23-11-6-14-34-15-7-12-24(18-27)31(23)34/h1-5,8-10,13,17-20,35-36H,6-7,11-12,14-16H2/b26-20+. The number of aliphatic hydroxyl groups excluding tert-OH is 2. The van der Waals surface area contributed by atoms with Crippen molar-refractivity contribution in [2.45, 2.75) is 32.1 Å². The fourth-order valence-corrected chi connectivity index (χ4v) is 6.38. The van der Waals surface area contributed by atoms with Gasteiger partial charge in [0.1, 0.15) is 11.5 Å². The Labute approximate surface area is 212 Å². The molecule has 4 aliphatic rings. The van der Waals surface area contributed by atoms with Gasteiger partial charge in [-0.25, -0.2) is 0 Å². The number of hydrogen-bond acceptors (Lipinski definition) is 3. The molecule has 0 amide bonds. The smallest absolute Gasteiger partial charge is 0.138 e. The van der Waals surface area contributed by atoms with E-state index in [1.54, 1.807) is 0 Å². The first-order valence-electron chi connectivity index (χ1n) is 13.0. The second-order valence-corrected chi connectivity index (χ2v) is 10.3. The van der Waals surface area contributed by atoms with Crippen LogP contribution in [0.2, 0.25) is 0 Å². The Hall–Kier alpha value is -3.98. The molecule has 2 aliphatic carbocycles. The minimum Gasteiger partial charge on any atom is -0.506 e.